The topological polar surface area (TPSA) is 108 Å². The highest BCUT2D eigenvalue weighted by atomic mass is 32.2. The van der Waals surface area contributed by atoms with Crippen molar-refractivity contribution in [3.8, 4) is 11.5 Å². The van der Waals surface area contributed by atoms with Crippen LogP contribution in [0.5, 0.6) is 11.5 Å². The standard InChI is InChI=1S/C11H14N2O6S/c1-7(5-20(2,16)17)12-8-3-10-11(19-6-18-10)4-9(8)13(14)15/h3-4,7,12H,5-6H2,1-2H3. The van der Waals surface area contributed by atoms with Gasteiger partial charge in [-0.1, -0.05) is 0 Å². The summed E-state index contributed by atoms with van der Waals surface area (Å²) >= 11 is 0. The Hall–Kier alpha value is -2.03. The Morgan fingerprint density at radius 2 is 2.00 bits per heavy atom. The van der Waals surface area contributed by atoms with E-state index in [-0.39, 0.29) is 23.9 Å². The van der Waals surface area contributed by atoms with Crippen LogP contribution in [0, 0.1) is 10.1 Å². The molecule has 0 aromatic heterocycles. The molecule has 20 heavy (non-hydrogen) atoms. The Morgan fingerprint density at radius 1 is 1.40 bits per heavy atom. The van der Waals surface area contributed by atoms with Crippen LogP contribution in [0.1, 0.15) is 6.92 Å². The fourth-order valence-electron chi connectivity index (χ4n) is 1.96. The van der Waals surface area contributed by atoms with E-state index in [0.29, 0.717) is 11.5 Å². The van der Waals surface area contributed by atoms with Crippen molar-refractivity contribution >= 4 is 21.2 Å². The number of benzene rings is 1. The molecule has 0 aliphatic carbocycles. The monoisotopic (exact) mass is 302 g/mol. The number of fused-ring (bicyclic) bond motifs is 1. The largest absolute Gasteiger partial charge is 0.454 e. The molecule has 1 heterocycles. The lowest BCUT2D eigenvalue weighted by molar-refractivity contribution is -0.384. The van der Waals surface area contributed by atoms with Crippen molar-refractivity contribution in [2.45, 2.75) is 13.0 Å². The molecule has 1 aromatic carbocycles. The molecule has 110 valence electrons. The zero-order valence-corrected chi connectivity index (χ0v) is 11.8. The van der Waals surface area contributed by atoms with E-state index in [0.717, 1.165) is 6.26 Å². The van der Waals surface area contributed by atoms with Crippen molar-refractivity contribution < 1.29 is 22.8 Å². The second-order valence-electron chi connectivity index (χ2n) is 4.62. The third kappa shape index (κ3) is 3.29. The summed E-state index contributed by atoms with van der Waals surface area (Å²) in [6.07, 6.45) is 1.11. The van der Waals surface area contributed by atoms with Crippen molar-refractivity contribution in [3.05, 3.63) is 22.2 Å². The second-order valence-corrected chi connectivity index (χ2v) is 6.80. The molecule has 0 bridgehead atoms. The number of nitrogens with one attached hydrogen (secondary N) is 1. The van der Waals surface area contributed by atoms with Gasteiger partial charge >= 0.3 is 0 Å². The maximum atomic E-state index is 11.2. The Kier molecular flexibility index (Phi) is 3.71. The molecule has 1 aromatic rings. The molecule has 0 amide bonds. The van der Waals surface area contributed by atoms with E-state index in [2.05, 4.69) is 5.32 Å². The lowest BCUT2D eigenvalue weighted by Gasteiger charge is -2.14. The maximum absolute atomic E-state index is 11.2. The number of ether oxygens (including phenoxy) is 2. The number of nitro benzene ring substituents is 1. The highest BCUT2D eigenvalue weighted by Crippen LogP contribution is 2.40. The molecule has 0 fully saturated rings. The van der Waals surface area contributed by atoms with Crippen LogP contribution in [0.4, 0.5) is 11.4 Å². The summed E-state index contributed by atoms with van der Waals surface area (Å²) in [6, 6.07) is 2.24. The van der Waals surface area contributed by atoms with Gasteiger partial charge in [-0.05, 0) is 6.92 Å². The van der Waals surface area contributed by atoms with Gasteiger partial charge in [0.15, 0.2) is 11.5 Å². The van der Waals surface area contributed by atoms with Crippen molar-refractivity contribution in [2.75, 3.05) is 24.1 Å². The molecular formula is C11H14N2O6S. The zero-order valence-electron chi connectivity index (χ0n) is 11.0. The van der Waals surface area contributed by atoms with Crippen molar-refractivity contribution in [1.29, 1.82) is 0 Å². The summed E-state index contributed by atoms with van der Waals surface area (Å²) in [5.41, 5.74) is 0.0185. The molecule has 2 rings (SSSR count). The van der Waals surface area contributed by atoms with Crippen LogP contribution in [0.3, 0.4) is 0 Å². The average Bonchev–Trinajstić information content (AvgIpc) is 2.71. The number of hydrogen-bond acceptors (Lipinski definition) is 7. The third-order valence-electron chi connectivity index (χ3n) is 2.64. The van der Waals surface area contributed by atoms with Gasteiger partial charge < -0.3 is 14.8 Å². The number of anilines is 1. The zero-order chi connectivity index (χ0) is 14.9. The summed E-state index contributed by atoms with van der Waals surface area (Å²) in [4.78, 5) is 10.5. The molecular weight excluding hydrogens is 288 g/mol. The van der Waals surface area contributed by atoms with Gasteiger partial charge in [-0.15, -0.1) is 0 Å². The van der Waals surface area contributed by atoms with Crippen LogP contribution in [0.25, 0.3) is 0 Å². The van der Waals surface area contributed by atoms with Crippen LogP contribution >= 0.6 is 0 Å². The predicted octanol–water partition coefficient (Wildman–Crippen LogP) is 1.17. The minimum Gasteiger partial charge on any atom is -0.454 e. The molecule has 9 heteroatoms. The Morgan fingerprint density at radius 3 is 2.55 bits per heavy atom. The predicted molar refractivity (Wildman–Crippen MR) is 72.0 cm³/mol. The van der Waals surface area contributed by atoms with Gasteiger partial charge in [0, 0.05) is 18.4 Å². The quantitative estimate of drug-likeness (QED) is 0.642. The van der Waals surface area contributed by atoms with Crippen molar-refractivity contribution in [2.24, 2.45) is 0 Å². The summed E-state index contributed by atoms with van der Waals surface area (Å²) in [7, 11) is -3.18. The van der Waals surface area contributed by atoms with Gasteiger partial charge in [0.25, 0.3) is 5.69 Å². The number of rotatable bonds is 5. The summed E-state index contributed by atoms with van der Waals surface area (Å²) in [5.74, 6) is 0.571. The Bertz CT molecular complexity index is 643. The normalized spacial score (nSPS) is 14.9. The second kappa shape index (κ2) is 5.16. The molecule has 0 spiro atoms. The van der Waals surface area contributed by atoms with Crippen LogP contribution in [0.15, 0.2) is 12.1 Å². The molecule has 0 saturated heterocycles. The molecule has 8 nitrogen and oxygen atoms in total. The number of hydrogen-bond donors (Lipinski definition) is 1. The van der Waals surface area contributed by atoms with E-state index in [9.17, 15) is 18.5 Å². The van der Waals surface area contributed by atoms with Crippen LogP contribution < -0.4 is 14.8 Å². The average molecular weight is 302 g/mol. The van der Waals surface area contributed by atoms with E-state index in [1.54, 1.807) is 6.92 Å². The Labute approximate surface area is 115 Å². The molecule has 0 radical (unpaired) electrons. The lowest BCUT2D eigenvalue weighted by Crippen LogP contribution is -2.25. The van der Waals surface area contributed by atoms with E-state index >= 15 is 0 Å². The molecule has 1 aliphatic heterocycles. The lowest BCUT2D eigenvalue weighted by atomic mass is 10.2. The minimum absolute atomic E-state index is 0.00876. The van der Waals surface area contributed by atoms with Crippen LogP contribution in [0.2, 0.25) is 0 Å². The molecule has 1 atom stereocenters. The summed E-state index contributed by atoms with van der Waals surface area (Å²) < 4.78 is 32.7. The first-order chi connectivity index (χ1) is 9.26. The molecule has 1 aliphatic rings. The SMILES string of the molecule is CC(CS(C)(=O)=O)Nc1cc2c(cc1[N+](=O)[O-])OCO2. The van der Waals surface area contributed by atoms with Gasteiger partial charge in [0.2, 0.25) is 6.79 Å². The summed E-state index contributed by atoms with van der Waals surface area (Å²) in [6.45, 7) is 1.64. The van der Waals surface area contributed by atoms with Crippen molar-refractivity contribution in [1.82, 2.24) is 0 Å². The van der Waals surface area contributed by atoms with Gasteiger partial charge in [-0.2, -0.15) is 0 Å². The van der Waals surface area contributed by atoms with E-state index in [1.165, 1.54) is 12.1 Å². The summed E-state index contributed by atoms with van der Waals surface area (Å²) in [5, 5.41) is 13.9. The highest BCUT2D eigenvalue weighted by molar-refractivity contribution is 7.90. The fourth-order valence-corrected chi connectivity index (χ4v) is 2.95. The first-order valence-corrected chi connectivity index (χ1v) is 7.84. The maximum Gasteiger partial charge on any atom is 0.296 e. The number of sulfone groups is 1. The number of nitrogens with zero attached hydrogens (tertiary/aromatic N) is 1. The number of nitro groups is 1. The van der Waals surface area contributed by atoms with E-state index < -0.39 is 20.8 Å². The van der Waals surface area contributed by atoms with E-state index in [4.69, 9.17) is 9.47 Å². The first-order valence-electron chi connectivity index (χ1n) is 5.78. The smallest absolute Gasteiger partial charge is 0.296 e. The van der Waals surface area contributed by atoms with Crippen LogP contribution in [-0.4, -0.2) is 38.2 Å². The minimum atomic E-state index is -3.18. The third-order valence-corrected chi connectivity index (χ3v) is 3.75. The van der Waals surface area contributed by atoms with Gasteiger partial charge in [-0.25, -0.2) is 8.42 Å². The molecule has 1 unspecified atom stereocenters. The van der Waals surface area contributed by atoms with Gasteiger partial charge in [0.1, 0.15) is 15.5 Å². The first kappa shape index (κ1) is 14.4. The van der Waals surface area contributed by atoms with Gasteiger partial charge in [0.05, 0.1) is 16.7 Å². The van der Waals surface area contributed by atoms with Crippen LogP contribution in [-0.2, 0) is 9.84 Å². The Balaban J connectivity index is 2.28. The van der Waals surface area contributed by atoms with Gasteiger partial charge in [-0.3, -0.25) is 10.1 Å². The van der Waals surface area contributed by atoms with Crippen molar-refractivity contribution in [3.63, 3.8) is 0 Å². The molecule has 0 saturated carbocycles. The highest BCUT2D eigenvalue weighted by Gasteiger charge is 2.24. The fraction of sp³-hybridized carbons (Fsp3) is 0.455. The molecule has 1 N–H and O–H groups in total. The van der Waals surface area contributed by atoms with E-state index in [1.807, 2.05) is 0 Å².